The van der Waals surface area contributed by atoms with E-state index in [9.17, 15) is 4.79 Å². The van der Waals surface area contributed by atoms with Gasteiger partial charge in [-0.25, -0.2) is 0 Å². The molecule has 0 saturated heterocycles. The number of carbonyl (C=O) groups is 1. The summed E-state index contributed by atoms with van der Waals surface area (Å²) in [6.07, 6.45) is 3.56. The fourth-order valence-corrected chi connectivity index (χ4v) is 2.04. The van der Waals surface area contributed by atoms with E-state index in [1.54, 1.807) is 6.20 Å². The van der Waals surface area contributed by atoms with Crippen LogP contribution in [0.2, 0.25) is 0 Å². The van der Waals surface area contributed by atoms with Crippen LogP contribution in [0, 0.1) is 0 Å². The number of aryl methyl sites for hydroxylation is 1. The van der Waals surface area contributed by atoms with E-state index in [1.807, 2.05) is 37.3 Å². The van der Waals surface area contributed by atoms with E-state index in [2.05, 4.69) is 15.5 Å². The second-order valence-electron chi connectivity index (χ2n) is 4.73. The number of rotatable bonds is 6. The number of H-pyrrole nitrogens is 1. The predicted octanol–water partition coefficient (Wildman–Crippen LogP) is 2.39. The van der Waals surface area contributed by atoms with E-state index in [0.717, 1.165) is 17.5 Å². The van der Waals surface area contributed by atoms with Crippen molar-refractivity contribution in [3.8, 4) is 0 Å². The van der Waals surface area contributed by atoms with E-state index in [0.29, 0.717) is 18.7 Å². The number of aromatic amines is 1. The zero-order chi connectivity index (χ0) is 14.4. The standard InChI is InChI=1S/C15H20N4O/c1-2-11-10-17-19-15(11)18-14(20)9-8-13(16)12-6-4-3-5-7-12/h3-7,10,13H,2,8-9,16H2,1H3,(H2,17,18,19,20). The molecule has 2 rings (SSSR count). The quantitative estimate of drug-likeness (QED) is 0.755. The van der Waals surface area contributed by atoms with Crippen LogP contribution >= 0.6 is 0 Å². The van der Waals surface area contributed by atoms with Crippen LogP contribution in [-0.2, 0) is 11.2 Å². The Morgan fingerprint density at radius 1 is 1.40 bits per heavy atom. The summed E-state index contributed by atoms with van der Waals surface area (Å²) in [6, 6.07) is 9.70. The summed E-state index contributed by atoms with van der Waals surface area (Å²) in [4.78, 5) is 11.9. The molecule has 1 amide bonds. The normalized spacial score (nSPS) is 12.1. The molecule has 20 heavy (non-hydrogen) atoms. The van der Waals surface area contributed by atoms with Crippen LogP contribution in [-0.4, -0.2) is 16.1 Å². The molecule has 0 aliphatic carbocycles. The molecule has 0 fully saturated rings. The SMILES string of the molecule is CCc1cn[nH]c1NC(=O)CCC(N)c1ccccc1. The highest BCUT2D eigenvalue weighted by Crippen LogP contribution is 2.16. The Hall–Kier alpha value is -2.14. The molecule has 0 bridgehead atoms. The van der Waals surface area contributed by atoms with Crippen molar-refractivity contribution >= 4 is 11.7 Å². The molecule has 5 nitrogen and oxygen atoms in total. The molecule has 2 aromatic rings. The second kappa shape index (κ2) is 6.86. The molecule has 5 heteroatoms. The molecule has 1 aromatic carbocycles. The van der Waals surface area contributed by atoms with Crippen molar-refractivity contribution in [2.45, 2.75) is 32.2 Å². The number of amides is 1. The smallest absolute Gasteiger partial charge is 0.225 e. The maximum absolute atomic E-state index is 11.9. The predicted molar refractivity (Wildman–Crippen MR) is 79.2 cm³/mol. The van der Waals surface area contributed by atoms with Gasteiger partial charge in [-0.3, -0.25) is 9.89 Å². The van der Waals surface area contributed by atoms with E-state index < -0.39 is 0 Å². The number of hydrogen-bond acceptors (Lipinski definition) is 3. The van der Waals surface area contributed by atoms with Gasteiger partial charge in [-0.1, -0.05) is 37.3 Å². The number of nitrogens with two attached hydrogens (primary N) is 1. The fraction of sp³-hybridized carbons (Fsp3) is 0.333. The average Bonchev–Trinajstić information content (AvgIpc) is 2.92. The number of hydrogen-bond donors (Lipinski definition) is 3. The van der Waals surface area contributed by atoms with Crippen LogP contribution < -0.4 is 11.1 Å². The van der Waals surface area contributed by atoms with Crippen LogP contribution in [0.25, 0.3) is 0 Å². The third-order valence-corrected chi connectivity index (χ3v) is 3.27. The van der Waals surface area contributed by atoms with Gasteiger partial charge in [0.15, 0.2) is 0 Å². The lowest BCUT2D eigenvalue weighted by atomic mass is 10.0. The van der Waals surface area contributed by atoms with Gasteiger partial charge in [-0.2, -0.15) is 5.10 Å². The van der Waals surface area contributed by atoms with Gasteiger partial charge in [0.25, 0.3) is 0 Å². The van der Waals surface area contributed by atoms with Crippen LogP contribution in [0.3, 0.4) is 0 Å². The van der Waals surface area contributed by atoms with Gasteiger partial charge in [0, 0.05) is 18.0 Å². The minimum Gasteiger partial charge on any atom is -0.324 e. The first kappa shape index (κ1) is 14.3. The molecule has 1 heterocycles. The summed E-state index contributed by atoms with van der Waals surface area (Å²) >= 11 is 0. The summed E-state index contributed by atoms with van der Waals surface area (Å²) in [5, 5.41) is 9.55. The van der Waals surface area contributed by atoms with Gasteiger partial charge in [-0.15, -0.1) is 0 Å². The molecular weight excluding hydrogens is 252 g/mol. The fourth-order valence-electron chi connectivity index (χ4n) is 2.04. The Morgan fingerprint density at radius 3 is 2.85 bits per heavy atom. The van der Waals surface area contributed by atoms with Crippen molar-refractivity contribution in [1.82, 2.24) is 10.2 Å². The van der Waals surface area contributed by atoms with E-state index in [1.165, 1.54) is 0 Å². The number of aromatic nitrogens is 2. The van der Waals surface area contributed by atoms with Crippen LogP contribution in [0.1, 0.15) is 36.9 Å². The first-order chi connectivity index (χ1) is 9.70. The number of anilines is 1. The van der Waals surface area contributed by atoms with Crippen molar-refractivity contribution in [1.29, 1.82) is 0 Å². The number of benzene rings is 1. The molecule has 106 valence electrons. The highest BCUT2D eigenvalue weighted by atomic mass is 16.1. The summed E-state index contributed by atoms with van der Waals surface area (Å²) in [6.45, 7) is 2.02. The van der Waals surface area contributed by atoms with Crippen molar-refractivity contribution in [3.05, 3.63) is 47.7 Å². The molecule has 0 saturated carbocycles. The van der Waals surface area contributed by atoms with Crippen molar-refractivity contribution in [2.75, 3.05) is 5.32 Å². The van der Waals surface area contributed by atoms with Crippen LogP contribution in [0.4, 0.5) is 5.82 Å². The average molecular weight is 272 g/mol. The Morgan fingerprint density at radius 2 is 2.15 bits per heavy atom. The third kappa shape index (κ3) is 3.68. The molecule has 1 aromatic heterocycles. The van der Waals surface area contributed by atoms with Crippen LogP contribution in [0.15, 0.2) is 36.5 Å². The molecule has 0 aliphatic heterocycles. The van der Waals surface area contributed by atoms with E-state index in [-0.39, 0.29) is 11.9 Å². The summed E-state index contributed by atoms with van der Waals surface area (Å²) in [7, 11) is 0. The van der Waals surface area contributed by atoms with E-state index >= 15 is 0 Å². The van der Waals surface area contributed by atoms with Crippen molar-refractivity contribution in [2.24, 2.45) is 5.73 Å². The maximum Gasteiger partial charge on any atom is 0.225 e. The molecule has 1 atom stereocenters. The Bertz CT molecular complexity index is 550. The van der Waals surface area contributed by atoms with Gasteiger partial charge < -0.3 is 11.1 Å². The summed E-state index contributed by atoms with van der Waals surface area (Å²) in [5.74, 6) is 0.640. The third-order valence-electron chi connectivity index (χ3n) is 3.27. The van der Waals surface area contributed by atoms with Crippen molar-refractivity contribution < 1.29 is 4.79 Å². The Kier molecular flexibility index (Phi) is 4.90. The lowest BCUT2D eigenvalue weighted by Crippen LogP contribution is -2.17. The molecule has 0 radical (unpaired) electrons. The Labute approximate surface area is 118 Å². The van der Waals surface area contributed by atoms with Gasteiger partial charge >= 0.3 is 0 Å². The maximum atomic E-state index is 11.9. The van der Waals surface area contributed by atoms with Gasteiger partial charge in [0.1, 0.15) is 5.82 Å². The van der Waals surface area contributed by atoms with E-state index in [4.69, 9.17) is 5.73 Å². The molecular formula is C15H20N4O. The Balaban J connectivity index is 1.84. The van der Waals surface area contributed by atoms with Crippen LogP contribution in [0.5, 0.6) is 0 Å². The lowest BCUT2D eigenvalue weighted by molar-refractivity contribution is -0.116. The van der Waals surface area contributed by atoms with Gasteiger partial charge in [-0.05, 0) is 18.4 Å². The molecule has 4 N–H and O–H groups in total. The lowest BCUT2D eigenvalue weighted by Gasteiger charge is -2.11. The molecule has 1 unspecified atom stereocenters. The zero-order valence-electron chi connectivity index (χ0n) is 11.6. The highest BCUT2D eigenvalue weighted by molar-refractivity contribution is 5.90. The molecule has 0 aliphatic rings. The van der Waals surface area contributed by atoms with Gasteiger partial charge in [0.05, 0.1) is 6.20 Å². The highest BCUT2D eigenvalue weighted by Gasteiger charge is 2.11. The number of carbonyl (C=O) groups excluding carboxylic acids is 1. The zero-order valence-corrected chi connectivity index (χ0v) is 11.6. The minimum atomic E-state index is -0.116. The second-order valence-corrected chi connectivity index (χ2v) is 4.73. The first-order valence-electron chi connectivity index (χ1n) is 6.83. The monoisotopic (exact) mass is 272 g/mol. The summed E-state index contributed by atoms with van der Waals surface area (Å²) < 4.78 is 0. The largest absolute Gasteiger partial charge is 0.324 e. The number of nitrogens with zero attached hydrogens (tertiary/aromatic N) is 1. The number of nitrogens with one attached hydrogen (secondary N) is 2. The minimum absolute atomic E-state index is 0.0460. The van der Waals surface area contributed by atoms with Crippen molar-refractivity contribution in [3.63, 3.8) is 0 Å². The molecule has 0 spiro atoms. The topological polar surface area (TPSA) is 83.8 Å². The van der Waals surface area contributed by atoms with Gasteiger partial charge in [0.2, 0.25) is 5.91 Å². The summed E-state index contributed by atoms with van der Waals surface area (Å²) in [5.41, 5.74) is 8.13. The first-order valence-corrected chi connectivity index (χ1v) is 6.83.